The molecule has 136 valence electrons. The molecule has 0 aliphatic carbocycles. The minimum absolute atomic E-state index is 0.134. The molecule has 0 radical (unpaired) electrons. The summed E-state index contributed by atoms with van der Waals surface area (Å²) in [6.45, 7) is 4.85. The Hall–Kier alpha value is -2.34. The average Bonchev–Trinajstić information content (AvgIpc) is 3.04. The number of anilines is 2. The lowest BCUT2D eigenvalue weighted by atomic mass is 10.00. The van der Waals surface area contributed by atoms with Gasteiger partial charge in [-0.25, -0.2) is 8.42 Å². The quantitative estimate of drug-likeness (QED) is 0.896. The molecule has 2 aliphatic heterocycles. The zero-order valence-corrected chi connectivity index (χ0v) is 15.8. The molecule has 2 aromatic carbocycles. The third-order valence-corrected chi connectivity index (χ3v) is 6.53. The Bertz CT molecular complexity index is 979. The second kappa shape index (κ2) is 6.13. The van der Waals surface area contributed by atoms with Gasteiger partial charge >= 0.3 is 0 Å². The van der Waals surface area contributed by atoms with Crippen LogP contribution >= 0.6 is 0 Å². The van der Waals surface area contributed by atoms with E-state index in [0.717, 1.165) is 16.8 Å². The summed E-state index contributed by atoms with van der Waals surface area (Å²) >= 11 is 0. The fourth-order valence-electron chi connectivity index (χ4n) is 3.73. The number of carbonyl (C=O) groups excluding carboxylic acids is 1. The molecule has 0 aromatic heterocycles. The molecular formula is C20H22N2O3S. The summed E-state index contributed by atoms with van der Waals surface area (Å²) in [5, 5.41) is 0. The van der Waals surface area contributed by atoms with Crippen molar-refractivity contribution < 1.29 is 13.2 Å². The van der Waals surface area contributed by atoms with Crippen LogP contribution in [-0.4, -0.2) is 20.9 Å². The van der Waals surface area contributed by atoms with E-state index < -0.39 is 10.0 Å². The van der Waals surface area contributed by atoms with E-state index in [9.17, 15) is 13.2 Å². The zero-order valence-electron chi connectivity index (χ0n) is 15.0. The Labute approximate surface area is 154 Å². The van der Waals surface area contributed by atoms with Crippen LogP contribution in [0, 0.1) is 0 Å². The smallest absolute Gasteiger partial charge is 0.261 e. The molecular weight excluding hydrogens is 348 g/mol. The van der Waals surface area contributed by atoms with Crippen LogP contribution in [0.15, 0.2) is 41.3 Å². The van der Waals surface area contributed by atoms with Crippen LogP contribution in [0.1, 0.15) is 42.9 Å². The first-order chi connectivity index (χ1) is 12.3. The maximum atomic E-state index is 12.9. The van der Waals surface area contributed by atoms with Crippen molar-refractivity contribution in [3.8, 4) is 0 Å². The van der Waals surface area contributed by atoms with Gasteiger partial charge in [-0.1, -0.05) is 26.0 Å². The van der Waals surface area contributed by atoms with Gasteiger partial charge in [-0.2, -0.15) is 0 Å². The highest BCUT2D eigenvalue weighted by Crippen LogP contribution is 2.38. The van der Waals surface area contributed by atoms with Crippen LogP contribution in [0.2, 0.25) is 0 Å². The number of hydrogen-bond donors (Lipinski definition) is 1. The normalized spacial score (nSPS) is 16.1. The van der Waals surface area contributed by atoms with Gasteiger partial charge in [0, 0.05) is 18.7 Å². The lowest BCUT2D eigenvalue weighted by molar-refractivity contribution is -0.118. The predicted molar refractivity (Wildman–Crippen MR) is 102 cm³/mol. The Morgan fingerprint density at radius 1 is 1.00 bits per heavy atom. The SMILES string of the molecule is CC(C)c1ccc(NS(=O)(=O)c2cc3c4c(c2)CCN4C(=O)CC3)cc1. The number of sulfonamides is 1. The van der Waals surface area contributed by atoms with Crippen molar-refractivity contribution in [3.05, 3.63) is 53.1 Å². The molecule has 0 bridgehead atoms. The lowest BCUT2D eigenvalue weighted by Crippen LogP contribution is -2.33. The fraction of sp³-hybridized carbons (Fsp3) is 0.350. The fourth-order valence-corrected chi connectivity index (χ4v) is 4.89. The number of amides is 1. The monoisotopic (exact) mass is 370 g/mol. The van der Waals surface area contributed by atoms with Gasteiger partial charge < -0.3 is 4.90 Å². The molecule has 1 amide bonds. The molecule has 0 spiro atoms. The van der Waals surface area contributed by atoms with Gasteiger partial charge in [-0.15, -0.1) is 0 Å². The molecule has 6 heteroatoms. The van der Waals surface area contributed by atoms with Crippen LogP contribution in [0.4, 0.5) is 11.4 Å². The van der Waals surface area contributed by atoms with Crippen molar-refractivity contribution in [1.29, 1.82) is 0 Å². The molecule has 0 atom stereocenters. The van der Waals surface area contributed by atoms with Gasteiger partial charge in [0.05, 0.1) is 10.6 Å². The standard InChI is InChI=1S/C20H22N2O3S/c1-13(2)14-3-6-17(7-4-14)21-26(24,25)18-11-15-5-8-19(23)22-10-9-16(12-18)20(15)22/h3-4,6-7,11-13,21H,5,8-10H2,1-2H3. The second-order valence-electron chi connectivity index (χ2n) is 7.27. The van der Waals surface area contributed by atoms with Gasteiger partial charge in [0.1, 0.15) is 0 Å². The summed E-state index contributed by atoms with van der Waals surface area (Å²) in [7, 11) is -3.66. The number of aryl methyl sites for hydroxylation is 1. The Balaban J connectivity index is 1.66. The molecule has 2 aliphatic rings. The molecule has 0 fully saturated rings. The third kappa shape index (κ3) is 2.88. The van der Waals surface area contributed by atoms with E-state index >= 15 is 0 Å². The summed E-state index contributed by atoms with van der Waals surface area (Å²) in [4.78, 5) is 14.1. The van der Waals surface area contributed by atoms with Crippen LogP contribution < -0.4 is 9.62 Å². The number of nitrogens with zero attached hydrogens (tertiary/aromatic N) is 1. The van der Waals surface area contributed by atoms with Gasteiger partial charge in [0.25, 0.3) is 10.0 Å². The molecule has 4 rings (SSSR count). The zero-order chi connectivity index (χ0) is 18.5. The highest BCUT2D eigenvalue weighted by Gasteiger charge is 2.32. The van der Waals surface area contributed by atoms with Crippen molar-refractivity contribution >= 4 is 27.3 Å². The van der Waals surface area contributed by atoms with Crippen molar-refractivity contribution in [2.24, 2.45) is 0 Å². The molecule has 2 aromatic rings. The summed E-state index contributed by atoms with van der Waals surface area (Å²) in [5.41, 5.74) is 4.56. The molecule has 26 heavy (non-hydrogen) atoms. The van der Waals surface area contributed by atoms with E-state index in [0.29, 0.717) is 37.4 Å². The first-order valence-electron chi connectivity index (χ1n) is 8.94. The number of nitrogens with one attached hydrogen (secondary N) is 1. The summed E-state index contributed by atoms with van der Waals surface area (Å²) < 4.78 is 28.4. The molecule has 2 heterocycles. The lowest BCUT2D eigenvalue weighted by Gasteiger charge is -2.25. The first kappa shape index (κ1) is 17.1. The third-order valence-electron chi connectivity index (χ3n) is 5.17. The predicted octanol–water partition coefficient (Wildman–Crippen LogP) is 3.45. The van der Waals surface area contributed by atoms with Crippen LogP contribution in [0.25, 0.3) is 0 Å². The number of hydrogen-bond acceptors (Lipinski definition) is 3. The molecule has 0 saturated carbocycles. The highest BCUT2D eigenvalue weighted by atomic mass is 32.2. The van der Waals surface area contributed by atoms with Crippen molar-refractivity contribution in [2.75, 3.05) is 16.2 Å². The van der Waals surface area contributed by atoms with Gasteiger partial charge in [-0.3, -0.25) is 9.52 Å². The maximum absolute atomic E-state index is 12.9. The number of benzene rings is 2. The van der Waals surface area contributed by atoms with Gasteiger partial charge in [0.2, 0.25) is 5.91 Å². The van der Waals surface area contributed by atoms with E-state index in [1.807, 2.05) is 12.1 Å². The summed E-state index contributed by atoms with van der Waals surface area (Å²) in [6, 6.07) is 10.9. The largest absolute Gasteiger partial charge is 0.312 e. The molecule has 0 unspecified atom stereocenters. The first-order valence-corrected chi connectivity index (χ1v) is 10.4. The average molecular weight is 370 g/mol. The van der Waals surface area contributed by atoms with Crippen molar-refractivity contribution in [3.63, 3.8) is 0 Å². The van der Waals surface area contributed by atoms with Crippen molar-refractivity contribution in [2.45, 2.75) is 43.9 Å². The van der Waals surface area contributed by atoms with Gasteiger partial charge in [-0.05, 0) is 59.7 Å². The van der Waals surface area contributed by atoms with Crippen LogP contribution in [0.3, 0.4) is 0 Å². The number of carbonyl (C=O) groups is 1. The second-order valence-corrected chi connectivity index (χ2v) is 8.95. The molecule has 1 N–H and O–H groups in total. The molecule has 0 saturated heterocycles. The Morgan fingerprint density at radius 2 is 1.65 bits per heavy atom. The summed E-state index contributed by atoms with van der Waals surface area (Å²) in [6.07, 6.45) is 1.75. The molecule has 5 nitrogen and oxygen atoms in total. The Kier molecular flexibility index (Phi) is 4.03. The van der Waals surface area contributed by atoms with E-state index in [-0.39, 0.29) is 10.8 Å². The minimum atomic E-state index is -3.66. The van der Waals surface area contributed by atoms with Crippen LogP contribution in [0.5, 0.6) is 0 Å². The minimum Gasteiger partial charge on any atom is -0.312 e. The van der Waals surface area contributed by atoms with Crippen LogP contribution in [-0.2, 0) is 27.7 Å². The number of rotatable bonds is 4. The van der Waals surface area contributed by atoms with E-state index in [2.05, 4.69) is 18.6 Å². The maximum Gasteiger partial charge on any atom is 0.261 e. The van der Waals surface area contributed by atoms with E-state index in [1.165, 1.54) is 5.56 Å². The van der Waals surface area contributed by atoms with E-state index in [1.54, 1.807) is 29.2 Å². The highest BCUT2D eigenvalue weighted by molar-refractivity contribution is 7.92. The van der Waals surface area contributed by atoms with E-state index in [4.69, 9.17) is 0 Å². The van der Waals surface area contributed by atoms with Crippen molar-refractivity contribution in [1.82, 2.24) is 0 Å². The Morgan fingerprint density at radius 3 is 2.31 bits per heavy atom. The van der Waals surface area contributed by atoms with Gasteiger partial charge in [0.15, 0.2) is 0 Å². The summed E-state index contributed by atoms with van der Waals surface area (Å²) in [5.74, 6) is 0.534. The topological polar surface area (TPSA) is 66.5 Å².